The summed E-state index contributed by atoms with van der Waals surface area (Å²) in [4.78, 5) is 0. The third kappa shape index (κ3) is 8.40. The van der Waals surface area contributed by atoms with Crippen LogP contribution in [0.1, 0.15) is 149 Å². The van der Waals surface area contributed by atoms with Crippen molar-refractivity contribution in [3.63, 3.8) is 0 Å². The van der Waals surface area contributed by atoms with Gasteiger partial charge in [0.15, 0.2) is 0 Å². The zero-order chi connectivity index (χ0) is 32.8. The molecule has 0 spiro atoms. The Morgan fingerprint density at radius 2 is 1.07 bits per heavy atom. The molecule has 1 N–H and O–H groups in total. The molecule has 0 bridgehead atoms. The molecule has 0 aliphatic rings. The van der Waals surface area contributed by atoms with Crippen molar-refractivity contribution < 1.29 is 14.6 Å². The Hall–Kier alpha value is -2.94. The fourth-order valence-corrected chi connectivity index (χ4v) is 6.42. The summed E-state index contributed by atoms with van der Waals surface area (Å²) in [5.41, 5.74) is 8.93. The lowest BCUT2D eigenvalue weighted by atomic mass is 9.88. The van der Waals surface area contributed by atoms with Gasteiger partial charge in [-0.25, -0.2) is 0 Å². The number of phenols is 1. The van der Waals surface area contributed by atoms with Crippen LogP contribution in [0, 0.1) is 41.5 Å². The van der Waals surface area contributed by atoms with Gasteiger partial charge in [-0.2, -0.15) is 0 Å². The summed E-state index contributed by atoms with van der Waals surface area (Å²) < 4.78 is 13.7. The lowest BCUT2D eigenvalue weighted by Crippen LogP contribution is -2.30. The maximum Gasteiger partial charge on any atom is 0.131 e. The van der Waals surface area contributed by atoms with Crippen LogP contribution in [0.2, 0.25) is 0 Å². The molecule has 0 aliphatic carbocycles. The molecule has 3 aromatic rings. The first kappa shape index (κ1) is 35.5. The van der Waals surface area contributed by atoms with E-state index in [0.29, 0.717) is 11.7 Å². The second-order valence-corrected chi connectivity index (χ2v) is 14.1. The Bertz CT molecular complexity index is 1350. The summed E-state index contributed by atoms with van der Waals surface area (Å²) in [5, 5.41) is 10.3. The molecular weight excluding hydrogens is 540 g/mol. The average Bonchev–Trinajstić information content (AvgIpc) is 2.96. The molecule has 3 rings (SSSR count). The Morgan fingerprint density at radius 1 is 0.614 bits per heavy atom. The molecule has 0 saturated heterocycles. The van der Waals surface area contributed by atoms with Gasteiger partial charge in [0.2, 0.25) is 0 Å². The molecule has 44 heavy (non-hydrogen) atoms. The Balaban J connectivity index is 1.82. The lowest BCUT2D eigenvalue weighted by Gasteiger charge is -2.34. The van der Waals surface area contributed by atoms with Gasteiger partial charge in [0.05, 0.1) is 0 Å². The normalized spacial score (nSPS) is 13.9. The molecule has 0 heterocycles. The van der Waals surface area contributed by atoms with Crippen LogP contribution in [0.15, 0.2) is 36.4 Å². The maximum atomic E-state index is 10.3. The van der Waals surface area contributed by atoms with Gasteiger partial charge in [0.1, 0.15) is 28.5 Å². The number of rotatable bonds is 15. The first-order valence-corrected chi connectivity index (χ1v) is 17.0. The van der Waals surface area contributed by atoms with Crippen molar-refractivity contribution in [1.29, 1.82) is 0 Å². The number of aryl methyl sites for hydroxylation is 6. The van der Waals surface area contributed by atoms with E-state index in [1.807, 2.05) is 26.0 Å². The highest BCUT2D eigenvalue weighted by molar-refractivity contribution is 5.49. The van der Waals surface area contributed by atoms with Gasteiger partial charge in [0, 0.05) is 0 Å². The summed E-state index contributed by atoms with van der Waals surface area (Å²) in [6.45, 7) is 25.8. The first-order chi connectivity index (χ1) is 20.6. The molecule has 2 unspecified atom stereocenters. The van der Waals surface area contributed by atoms with Gasteiger partial charge < -0.3 is 14.6 Å². The highest BCUT2D eigenvalue weighted by Gasteiger charge is 2.31. The van der Waals surface area contributed by atoms with Gasteiger partial charge in [-0.3, -0.25) is 0 Å². The first-order valence-electron chi connectivity index (χ1n) is 17.0. The van der Waals surface area contributed by atoms with Crippen molar-refractivity contribution in [3.05, 3.63) is 86.5 Å². The van der Waals surface area contributed by atoms with E-state index < -0.39 is 11.2 Å². The van der Waals surface area contributed by atoms with Crippen LogP contribution < -0.4 is 9.47 Å². The highest BCUT2D eigenvalue weighted by atomic mass is 16.5. The number of hydrogen-bond acceptors (Lipinski definition) is 3. The van der Waals surface area contributed by atoms with Gasteiger partial charge in [-0.1, -0.05) is 71.4 Å². The zero-order valence-electron chi connectivity index (χ0n) is 30.0. The van der Waals surface area contributed by atoms with Crippen LogP contribution in [-0.2, 0) is 11.2 Å². The van der Waals surface area contributed by atoms with Crippen LogP contribution in [0.25, 0.3) is 0 Å². The second-order valence-electron chi connectivity index (χ2n) is 14.1. The minimum absolute atomic E-state index is 0.350. The minimum atomic E-state index is -0.563. The van der Waals surface area contributed by atoms with Gasteiger partial charge in [-0.05, 0) is 155 Å². The largest absolute Gasteiger partial charge is 0.507 e. The van der Waals surface area contributed by atoms with Gasteiger partial charge >= 0.3 is 0 Å². The van der Waals surface area contributed by atoms with E-state index in [1.165, 1.54) is 61.6 Å². The van der Waals surface area contributed by atoms with Gasteiger partial charge in [-0.15, -0.1) is 0 Å². The molecule has 0 fully saturated rings. The number of ether oxygens (including phenoxy) is 2. The van der Waals surface area contributed by atoms with Crippen molar-refractivity contribution in [2.45, 2.75) is 152 Å². The number of phenolic OH excluding ortho intramolecular Hbond substituents is 1. The van der Waals surface area contributed by atoms with E-state index >= 15 is 0 Å². The molecule has 3 nitrogen and oxygen atoms in total. The fraction of sp³-hybridized carbons (Fsp3) is 0.561. The van der Waals surface area contributed by atoms with Crippen molar-refractivity contribution in [2.24, 2.45) is 0 Å². The molecule has 3 aromatic carbocycles. The summed E-state index contributed by atoms with van der Waals surface area (Å²) in [6.07, 6.45) is 10.1. The van der Waals surface area contributed by atoms with Crippen molar-refractivity contribution in [3.8, 4) is 17.2 Å². The van der Waals surface area contributed by atoms with Gasteiger partial charge in [0.25, 0.3) is 0 Å². The standard InChI is InChI=1S/C41H60O3/c1-13-15-16-17-18-19-20-27(3)34-21-30(6)39(31(7)22-34)44-41(12,14-2)36-25-32(8)38(33(9)26-36)43-40(10,11)35-23-28(4)37(42)29(5)24-35/h21-27,42H,13-20H2,1-12H3. The van der Waals surface area contributed by atoms with Crippen LogP contribution >= 0.6 is 0 Å². The van der Waals surface area contributed by atoms with Crippen LogP contribution in [0.3, 0.4) is 0 Å². The molecule has 2 atom stereocenters. The van der Waals surface area contributed by atoms with E-state index in [9.17, 15) is 5.11 Å². The van der Waals surface area contributed by atoms with Crippen molar-refractivity contribution in [2.75, 3.05) is 0 Å². The van der Waals surface area contributed by atoms with E-state index in [-0.39, 0.29) is 0 Å². The smallest absolute Gasteiger partial charge is 0.131 e. The topological polar surface area (TPSA) is 38.7 Å². The zero-order valence-corrected chi connectivity index (χ0v) is 30.0. The van der Waals surface area contributed by atoms with E-state index in [1.54, 1.807) is 0 Å². The molecule has 0 saturated carbocycles. The van der Waals surface area contributed by atoms with E-state index in [2.05, 4.69) is 93.5 Å². The predicted octanol–water partition coefficient (Wildman–Crippen LogP) is 12.1. The van der Waals surface area contributed by atoms with Crippen LogP contribution in [0.4, 0.5) is 0 Å². The van der Waals surface area contributed by atoms with E-state index in [0.717, 1.165) is 51.3 Å². The summed E-state index contributed by atoms with van der Waals surface area (Å²) in [7, 11) is 0. The Morgan fingerprint density at radius 3 is 1.59 bits per heavy atom. The molecular formula is C41H60O3. The molecule has 3 heteroatoms. The van der Waals surface area contributed by atoms with Crippen LogP contribution in [0.5, 0.6) is 17.2 Å². The SMILES string of the molecule is CCCCCCCCC(C)c1cc(C)c(OC(C)(CC)c2cc(C)c(OC(C)(C)c3cc(C)c(O)c(C)c3)c(C)c2)c(C)c1. The number of hydrogen-bond donors (Lipinski definition) is 1. The summed E-state index contributed by atoms with van der Waals surface area (Å²) in [5.74, 6) is 2.81. The third-order valence-electron chi connectivity index (χ3n) is 9.66. The monoisotopic (exact) mass is 600 g/mol. The molecule has 0 amide bonds. The van der Waals surface area contributed by atoms with Crippen molar-refractivity contribution >= 4 is 0 Å². The van der Waals surface area contributed by atoms with Crippen molar-refractivity contribution in [1.82, 2.24) is 0 Å². The Labute approximate surface area is 269 Å². The minimum Gasteiger partial charge on any atom is -0.507 e. The fourth-order valence-electron chi connectivity index (χ4n) is 6.42. The molecule has 0 aromatic heterocycles. The third-order valence-corrected chi connectivity index (χ3v) is 9.66. The summed E-state index contributed by atoms with van der Waals surface area (Å²) >= 11 is 0. The highest BCUT2D eigenvalue weighted by Crippen LogP contribution is 2.41. The quantitative estimate of drug-likeness (QED) is 0.176. The van der Waals surface area contributed by atoms with Crippen LogP contribution in [-0.4, -0.2) is 5.11 Å². The second kappa shape index (κ2) is 14.9. The molecule has 0 aliphatic heterocycles. The number of aromatic hydroxyl groups is 1. The number of unbranched alkanes of at least 4 members (excludes halogenated alkanes) is 5. The molecule has 0 radical (unpaired) electrons. The predicted molar refractivity (Wildman–Crippen MR) is 188 cm³/mol. The summed E-state index contributed by atoms with van der Waals surface area (Å²) in [6, 6.07) is 13.2. The average molecular weight is 601 g/mol. The Kier molecular flexibility index (Phi) is 12.0. The number of benzene rings is 3. The molecule has 242 valence electrons. The maximum absolute atomic E-state index is 10.3. The van der Waals surface area contributed by atoms with E-state index in [4.69, 9.17) is 9.47 Å². The lowest BCUT2D eigenvalue weighted by molar-refractivity contribution is 0.0799.